The summed E-state index contributed by atoms with van der Waals surface area (Å²) in [7, 11) is 3.88. The monoisotopic (exact) mass is 333 g/mol. The van der Waals surface area contributed by atoms with E-state index in [0.29, 0.717) is 12.1 Å². The Morgan fingerprint density at radius 2 is 1.79 bits per heavy atom. The number of benzene rings is 1. The summed E-state index contributed by atoms with van der Waals surface area (Å²) < 4.78 is 27.0. The minimum absolute atomic E-state index is 0.356. The van der Waals surface area contributed by atoms with Crippen LogP contribution in [0.4, 0.5) is 20.4 Å². The molecule has 0 saturated carbocycles. The average Bonchev–Trinajstić information content (AvgIpc) is 2.59. The number of nitrogens with zero attached hydrogens (tertiary/aromatic N) is 5. The van der Waals surface area contributed by atoms with Crippen molar-refractivity contribution in [2.75, 3.05) is 50.1 Å². The second-order valence-corrected chi connectivity index (χ2v) is 6.13. The number of hydrogen-bond donors (Lipinski definition) is 0. The number of anilines is 2. The van der Waals surface area contributed by atoms with Crippen LogP contribution in [0.25, 0.3) is 0 Å². The highest BCUT2D eigenvalue weighted by atomic mass is 19.1. The molecule has 0 aliphatic carbocycles. The van der Waals surface area contributed by atoms with Crippen molar-refractivity contribution in [2.45, 2.75) is 6.54 Å². The van der Waals surface area contributed by atoms with Crippen molar-refractivity contribution in [3.8, 4) is 0 Å². The van der Waals surface area contributed by atoms with E-state index in [9.17, 15) is 8.78 Å². The maximum absolute atomic E-state index is 13.8. The predicted octanol–water partition coefficient (Wildman–Crippen LogP) is 2.14. The van der Waals surface area contributed by atoms with Crippen molar-refractivity contribution < 1.29 is 8.78 Å². The Morgan fingerprint density at radius 3 is 2.50 bits per heavy atom. The van der Waals surface area contributed by atoms with Gasteiger partial charge in [-0.2, -0.15) is 0 Å². The van der Waals surface area contributed by atoms with Crippen LogP contribution in [-0.4, -0.2) is 55.1 Å². The highest BCUT2D eigenvalue weighted by Gasteiger charge is 2.20. The van der Waals surface area contributed by atoms with Gasteiger partial charge in [0.05, 0.1) is 0 Å². The van der Waals surface area contributed by atoms with Crippen LogP contribution in [0.3, 0.4) is 0 Å². The molecule has 0 unspecified atom stereocenters. The molecule has 5 nitrogen and oxygen atoms in total. The summed E-state index contributed by atoms with van der Waals surface area (Å²) in [6.45, 7) is 3.56. The minimum atomic E-state index is -0.401. The summed E-state index contributed by atoms with van der Waals surface area (Å²) in [4.78, 5) is 14.8. The van der Waals surface area contributed by atoms with Crippen molar-refractivity contribution in [2.24, 2.45) is 0 Å². The summed E-state index contributed by atoms with van der Waals surface area (Å²) >= 11 is 0. The lowest BCUT2D eigenvalue weighted by molar-refractivity contribution is 0.245. The summed E-state index contributed by atoms with van der Waals surface area (Å²) in [5, 5.41) is 0. The lowest BCUT2D eigenvalue weighted by atomic mass is 10.1. The fraction of sp³-hybridized carbons (Fsp3) is 0.412. The molecule has 0 amide bonds. The first kappa shape index (κ1) is 16.6. The molecule has 0 atom stereocenters. The van der Waals surface area contributed by atoms with E-state index < -0.39 is 5.82 Å². The molecule has 1 fully saturated rings. The fourth-order valence-corrected chi connectivity index (χ4v) is 2.80. The lowest BCUT2D eigenvalue weighted by Crippen LogP contribution is -2.46. The van der Waals surface area contributed by atoms with Gasteiger partial charge in [-0.3, -0.25) is 4.90 Å². The number of piperazine rings is 1. The number of rotatable bonds is 4. The molecule has 1 aliphatic rings. The molecule has 2 heterocycles. The molecule has 2 aromatic rings. The van der Waals surface area contributed by atoms with Gasteiger partial charge < -0.3 is 9.80 Å². The first-order valence-corrected chi connectivity index (χ1v) is 7.93. The van der Waals surface area contributed by atoms with Gasteiger partial charge >= 0.3 is 0 Å². The lowest BCUT2D eigenvalue weighted by Gasteiger charge is -2.35. The standard InChI is InChI=1S/C17H21F2N5/c1-22(2)16-10-17(21-12-20-16)24-7-5-23(6-8-24)11-13-9-14(18)3-4-15(13)19/h3-4,9-10,12H,5-8,11H2,1-2H3. The molecule has 0 radical (unpaired) electrons. The zero-order chi connectivity index (χ0) is 17.1. The average molecular weight is 333 g/mol. The van der Waals surface area contributed by atoms with Crippen molar-refractivity contribution in [3.63, 3.8) is 0 Å². The third-order valence-electron chi connectivity index (χ3n) is 4.19. The van der Waals surface area contributed by atoms with Crippen LogP contribution in [0.2, 0.25) is 0 Å². The van der Waals surface area contributed by atoms with Gasteiger partial charge in [0, 0.05) is 58.4 Å². The van der Waals surface area contributed by atoms with Crippen molar-refractivity contribution >= 4 is 11.6 Å². The van der Waals surface area contributed by atoms with Gasteiger partial charge in [-0.15, -0.1) is 0 Å². The van der Waals surface area contributed by atoms with Gasteiger partial charge in [-0.25, -0.2) is 18.7 Å². The quantitative estimate of drug-likeness (QED) is 0.857. The maximum Gasteiger partial charge on any atom is 0.134 e. The summed E-state index contributed by atoms with van der Waals surface area (Å²) in [5.41, 5.74) is 0.403. The SMILES string of the molecule is CN(C)c1cc(N2CCN(Cc3cc(F)ccc3F)CC2)ncn1. The summed E-state index contributed by atoms with van der Waals surface area (Å²) in [6.07, 6.45) is 1.57. The van der Waals surface area contributed by atoms with E-state index in [1.165, 1.54) is 12.1 Å². The van der Waals surface area contributed by atoms with Crippen LogP contribution in [0.15, 0.2) is 30.6 Å². The van der Waals surface area contributed by atoms with E-state index >= 15 is 0 Å². The second kappa shape index (κ2) is 7.09. The van der Waals surface area contributed by atoms with Crippen LogP contribution >= 0.6 is 0 Å². The van der Waals surface area contributed by atoms with Crippen LogP contribution in [0.5, 0.6) is 0 Å². The van der Waals surface area contributed by atoms with Crippen molar-refractivity contribution in [1.29, 1.82) is 0 Å². The number of halogens is 2. The van der Waals surface area contributed by atoms with E-state index in [4.69, 9.17) is 0 Å². The molecular formula is C17H21F2N5. The number of hydrogen-bond acceptors (Lipinski definition) is 5. The second-order valence-electron chi connectivity index (χ2n) is 6.13. The Balaban J connectivity index is 1.61. The predicted molar refractivity (Wildman–Crippen MR) is 90.2 cm³/mol. The van der Waals surface area contributed by atoms with Crippen molar-refractivity contribution in [3.05, 3.63) is 47.8 Å². The zero-order valence-corrected chi connectivity index (χ0v) is 13.9. The molecule has 1 aromatic carbocycles. The normalized spacial score (nSPS) is 15.6. The Kier molecular flexibility index (Phi) is 4.89. The van der Waals surface area contributed by atoms with Gasteiger partial charge in [0.1, 0.15) is 29.6 Å². The molecule has 0 N–H and O–H groups in total. The summed E-state index contributed by atoms with van der Waals surface area (Å²) in [6, 6.07) is 5.57. The molecule has 0 bridgehead atoms. The molecule has 0 spiro atoms. The smallest absolute Gasteiger partial charge is 0.134 e. The van der Waals surface area contributed by atoms with Crippen LogP contribution < -0.4 is 9.80 Å². The third-order valence-corrected chi connectivity index (χ3v) is 4.19. The Morgan fingerprint density at radius 1 is 1.04 bits per heavy atom. The molecule has 3 rings (SSSR count). The first-order chi connectivity index (χ1) is 11.5. The first-order valence-electron chi connectivity index (χ1n) is 7.93. The van der Waals surface area contributed by atoms with Crippen LogP contribution in [0, 0.1) is 11.6 Å². The van der Waals surface area contributed by atoms with Crippen LogP contribution in [0.1, 0.15) is 5.56 Å². The van der Waals surface area contributed by atoms with Gasteiger partial charge in [0.15, 0.2) is 0 Å². The molecule has 7 heteroatoms. The third kappa shape index (κ3) is 3.79. The molecule has 24 heavy (non-hydrogen) atoms. The van der Waals surface area contributed by atoms with E-state index in [-0.39, 0.29) is 5.82 Å². The molecule has 1 aliphatic heterocycles. The van der Waals surface area contributed by atoms with Gasteiger partial charge in [0.25, 0.3) is 0 Å². The van der Waals surface area contributed by atoms with Crippen LogP contribution in [-0.2, 0) is 6.54 Å². The van der Waals surface area contributed by atoms with E-state index in [1.807, 2.05) is 25.1 Å². The molecular weight excluding hydrogens is 312 g/mol. The van der Waals surface area contributed by atoms with Gasteiger partial charge in [-0.05, 0) is 18.2 Å². The minimum Gasteiger partial charge on any atom is -0.363 e. The fourth-order valence-electron chi connectivity index (χ4n) is 2.80. The zero-order valence-electron chi connectivity index (χ0n) is 13.9. The van der Waals surface area contributed by atoms with Gasteiger partial charge in [-0.1, -0.05) is 0 Å². The van der Waals surface area contributed by atoms with E-state index in [2.05, 4.69) is 19.8 Å². The largest absolute Gasteiger partial charge is 0.363 e. The maximum atomic E-state index is 13.8. The molecule has 128 valence electrons. The Hall–Kier alpha value is -2.28. The summed E-state index contributed by atoms with van der Waals surface area (Å²) in [5.74, 6) is 1.00. The highest BCUT2D eigenvalue weighted by molar-refractivity contribution is 5.49. The number of aromatic nitrogens is 2. The van der Waals surface area contributed by atoms with Crippen molar-refractivity contribution in [1.82, 2.24) is 14.9 Å². The molecule has 1 aromatic heterocycles. The highest BCUT2D eigenvalue weighted by Crippen LogP contribution is 2.19. The Labute approximate surface area is 140 Å². The van der Waals surface area contributed by atoms with E-state index in [1.54, 1.807) is 6.33 Å². The topological polar surface area (TPSA) is 35.5 Å². The van der Waals surface area contributed by atoms with E-state index in [0.717, 1.165) is 43.9 Å². The molecule has 1 saturated heterocycles. The Bertz CT molecular complexity index is 699. The van der Waals surface area contributed by atoms with Gasteiger partial charge in [0.2, 0.25) is 0 Å².